The van der Waals surface area contributed by atoms with Gasteiger partial charge in [-0.3, -0.25) is 39.6 Å². The molecule has 3 fully saturated rings. The maximum absolute atomic E-state index is 16.0. The first kappa shape index (κ1) is 41.1. The molecule has 5 aliphatic rings. The van der Waals surface area contributed by atoms with E-state index in [1.807, 2.05) is 58.0 Å². The fourth-order valence-electron chi connectivity index (χ4n) is 10.2. The lowest BCUT2D eigenvalue weighted by atomic mass is 9.87. The van der Waals surface area contributed by atoms with Crippen molar-refractivity contribution in [3.8, 4) is 11.1 Å². The lowest BCUT2D eigenvalue weighted by Crippen LogP contribution is -2.61. The highest BCUT2D eigenvalue weighted by Gasteiger charge is 2.48. The van der Waals surface area contributed by atoms with Crippen molar-refractivity contribution in [2.75, 3.05) is 49.5 Å². The summed E-state index contributed by atoms with van der Waals surface area (Å²) in [5.74, 6) is -5.50. The fraction of sp³-hybridized carbons (Fsp3) is 0.391. The van der Waals surface area contributed by atoms with Crippen LogP contribution in [0.4, 0.5) is 24.0 Å². The molecular weight excluding hydrogens is 832 g/mol. The summed E-state index contributed by atoms with van der Waals surface area (Å²) in [6.45, 7) is 3.17. The average Bonchev–Trinajstić information content (AvgIpc) is 4.09. The third-order valence-corrected chi connectivity index (χ3v) is 14.0. The van der Waals surface area contributed by atoms with E-state index >= 15 is 13.2 Å². The molecular formula is C46H46F3N9O4S. The van der Waals surface area contributed by atoms with Crippen LogP contribution in [0.15, 0.2) is 78.6 Å². The quantitative estimate of drug-likeness (QED) is 0.163. The zero-order valence-corrected chi connectivity index (χ0v) is 35.3. The molecule has 3 saturated heterocycles. The SMILES string of the molecule is O=C1CCC(c2ccccc2CN2CCC(N3CCN(c4ccc(-c5cc(F)c6c(c5)C(=O)N(C(C(=O)Nc5nccs5)c5ncn7c5CCC7)C6)cc4)CC3)C(F)(F)C2)C(=O)N1. The van der Waals surface area contributed by atoms with E-state index in [-0.39, 0.29) is 42.5 Å². The molecule has 3 unspecified atom stereocenters. The van der Waals surface area contributed by atoms with E-state index in [0.29, 0.717) is 74.1 Å². The number of likely N-dealkylation sites (tertiary alicyclic amines) is 1. The third kappa shape index (κ3) is 7.90. The highest BCUT2D eigenvalue weighted by atomic mass is 32.1. The van der Waals surface area contributed by atoms with Crippen LogP contribution in [0.1, 0.15) is 76.1 Å². The van der Waals surface area contributed by atoms with Gasteiger partial charge in [0.25, 0.3) is 17.7 Å². The van der Waals surface area contributed by atoms with Gasteiger partial charge in [-0.05, 0) is 72.2 Å². The Hall–Kier alpha value is -5.91. The number of rotatable bonds is 10. The summed E-state index contributed by atoms with van der Waals surface area (Å²) >= 11 is 1.26. The van der Waals surface area contributed by atoms with Crippen molar-refractivity contribution in [3.05, 3.63) is 118 Å². The molecule has 4 amide bonds. The number of anilines is 2. The number of piperazine rings is 1. The number of carbonyl (C=O) groups is 4. The number of fused-ring (bicyclic) bond motifs is 2. The van der Waals surface area contributed by atoms with Crippen molar-refractivity contribution in [3.63, 3.8) is 0 Å². The number of thiazole rings is 1. The number of aromatic nitrogens is 3. The van der Waals surface area contributed by atoms with E-state index in [0.717, 1.165) is 41.9 Å². The Morgan fingerprint density at radius 3 is 2.51 bits per heavy atom. The number of benzene rings is 3. The molecule has 5 aliphatic heterocycles. The monoisotopic (exact) mass is 877 g/mol. The van der Waals surface area contributed by atoms with Crippen molar-refractivity contribution in [1.29, 1.82) is 0 Å². The van der Waals surface area contributed by atoms with Crippen LogP contribution in [0.25, 0.3) is 11.1 Å². The summed E-state index contributed by atoms with van der Waals surface area (Å²) in [6, 6.07) is 16.2. The Labute approximate surface area is 365 Å². The molecule has 63 heavy (non-hydrogen) atoms. The normalized spacial score (nSPS) is 21.9. The number of aryl methyl sites for hydroxylation is 1. The molecule has 2 N–H and O–H groups in total. The largest absolute Gasteiger partial charge is 0.369 e. The van der Waals surface area contributed by atoms with Gasteiger partial charge in [-0.25, -0.2) is 23.1 Å². The topological polar surface area (TPSA) is 136 Å². The summed E-state index contributed by atoms with van der Waals surface area (Å²) in [7, 11) is 0. The minimum absolute atomic E-state index is 0.0838. The first-order chi connectivity index (χ1) is 30.5. The zero-order chi connectivity index (χ0) is 43.4. The summed E-state index contributed by atoms with van der Waals surface area (Å²) in [5, 5.41) is 7.37. The van der Waals surface area contributed by atoms with Crippen molar-refractivity contribution < 1.29 is 32.3 Å². The number of nitrogens with zero attached hydrogens (tertiary/aromatic N) is 7. The lowest BCUT2D eigenvalue weighted by molar-refractivity contribution is -0.134. The van der Waals surface area contributed by atoms with Crippen LogP contribution in [0.2, 0.25) is 0 Å². The molecule has 5 aromatic rings. The Balaban J connectivity index is 0.780. The minimum atomic E-state index is -2.94. The van der Waals surface area contributed by atoms with Crippen molar-refractivity contribution in [2.45, 2.75) is 75.7 Å². The van der Waals surface area contributed by atoms with Crippen molar-refractivity contribution >= 4 is 45.8 Å². The maximum Gasteiger partial charge on any atom is 0.275 e. The molecule has 3 atom stereocenters. The highest BCUT2D eigenvalue weighted by molar-refractivity contribution is 7.13. The van der Waals surface area contributed by atoms with E-state index in [1.54, 1.807) is 28.9 Å². The van der Waals surface area contributed by atoms with Gasteiger partial charge in [-0.2, -0.15) is 0 Å². The molecule has 0 spiro atoms. The van der Waals surface area contributed by atoms with Gasteiger partial charge in [-0.1, -0.05) is 36.4 Å². The van der Waals surface area contributed by atoms with Gasteiger partial charge in [-0.15, -0.1) is 11.3 Å². The van der Waals surface area contributed by atoms with Crippen LogP contribution in [-0.4, -0.2) is 104 Å². The van der Waals surface area contributed by atoms with E-state index in [9.17, 15) is 19.2 Å². The van der Waals surface area contributed by atoms with Crippen LogP contribution >= 0.6 is 11.3 Å². The first-order valence-corrected chi connectivity index (χ1v) is 22.4. The number of imidazole rings is 1. The van der Waals surface area contributed by atoms with Crippen LogP contribution in [-0.2, 0) is 40.4 Å². The predicted molar refractivity (Wildman–Crippen MR) is 230 cm³/mol. The van der Waals surface area contributed by atoms with E-state index in [2.05, 4.69) is 25.5 Å². The van der Waals surface area contributed by atoms with Gasteiger partial charge in [0.15, 0.2) is 11.2 Å². The van der Waals surface area contributed by atoms with Gasteiger partial charge in [0, 0.05) is 86.3 Å². The van der Waals surface area contributed by atoms with Gasteiger partial charge in [0.1, 0.15) is 5.82 Å². The number of imide groups is 1. The summed E-state index contributed by atoms with van der Waals surface area (Å²) in [6.07, 6.45) is 5.86. The molecule has 7 heterocycles. The van der Waals surface area contributed by atoms with E-state index < -0.39 is 41.6 Å². The van der Waals surface area contributed by atoms with Crippen molar-refractivity contribution in [2.24, 2.45) is 0 Å². The molecule has 10 rings (SSSR count). The van der Waals surface area contributed by atoms with Crippen LogP contribution in [0.5, 0.6) is 0 Å². The number of halogens is 3. The number of piperidine rings is 2. The van der Waals surface area contributed by atoms with E-state index in [1.165, 1.54) is 22.3 Å². The van der Waals surface area contributed by atoms with Gasteiger partial charge >= 0.3 is 0 Å². The number of alkyl halides is 2. The molecule has 3 aromatic carbocycles. The number of hydrogen-bond donors (Lipinski definition) is 2. The lowest BCUT2D eigenvalue weighted by Gasteiger charge is -2.46. The summed E-state index contributed by atoms with van der Waals surface area (Å²) in [5.41, 5.74) is 5.57. The third-order valence-electron chi connectivity index (χ3n) is 13.3. The minimum Gasteiger partial charge on any atom is -0.369 e. The molecule has 0 bridgehead atoms. The second-order valence-electron chi connectivity index (χ2n) is 17.1. The smallest absolute Gasteiger partial charge is 0.275 e. The molecule has 0 aliphatic carbocycles. The second-order valence-corrected chi connectivity index (χ2v) is 18.0. The number of amides is 4. The van der Waals surface area contributed by atoms with E-state index in [4.69, 9.17) is 0 Å². The van der Waals surface area contributed by atoms with Crippen LogP contribution < -0.4 is 15.5 Å². The maximum atomic E-state index is 16.0. The number of nitrogens with one attached hydrogen (secondary N) is 2. The molecule has 2 aromatic heterocycles. The van der Waals surface area contributed by atoms with Gasteiger partial charge < -0.3 is 14.4 Å². The standard InChI is InChI=1S/C46H46F3N9O4S/c47-36-23-30(22-34-35(36)25-58(44(34)62)41(43(61)53-45-50-14-21-63-45)40-37-6-3-15-57(37)27-51-40)28-7-9-31(10-8-28)55-17-19-56(20-18-55)38-13-16-54(26-46(38,48)49)24-29-4-1-2-5-32(29)33-11-12-39(59)52-42(33)60/h1-2,4-5,7-10,14,21-23,27,33,38,41H,3,6,11-13,15-20,24-26H2,(H,50,53,61)(H,52,59,60). The zero-order valence-electron chi connectivity index (χ0n) is 34.4. The first-order valence-electron chi connectivity index (χ1n) is 21.5. The van der Waals surface area contributed by atoms with Crippen molar-refractivity contribution in [1.82, 2.24) is 34.6 Å². The van der Waals surface area contributed by atoms with Crippen LogP contribution in [0, 0.1) is 5.82 Å². The summed E-state index contributed by atoms with van der Waals surface area (Å²) in [4.78, 5) is 68.3. The second kappa shape index (κ2) is 16.7. The molecule has 17 heteroatoms. The van der Waals surface area contributed by atoms with Crippen LogP contribution in [0.3, 0.4) is 0 Å². The summed E-state index contributed by atoms with van der Waals surface area (Å²) < 4.78 is 49.8. The number of carbonyl (C=O) groups excluding carboxylic acids is 4. The van der Waals surface area contributed by atoms with Gasteiger partial charge in [0.2, 0.25) is 11.8 Å². The Morgan fingerprint density at radius 1 is 0.937 bits per heavy atom. The number of hydrogen-bond acceptors (Lipinski definition) is 10. The predicted octanol–water partition coefficient (Wildman–Crippen LogP) is 5.98. The highest BCUT2D eigenvalue weighted by Crippen LogP contribution is 2.39. The Morgan fingerprint density at radius 2 is 1.75 bits per heavy atom. The molecule has 326 valence electrons. The molecule has 0 radical (unpaired) electrons. The fourth-order valence-corrected chi connectivity index (χ4v) is 10.7. The average molecular weight is 878 g/mol. The molecule has 0 saturated carbocycles. The Kier molecular flexibility index (Phi) is 10.9. The molecule has 13 nitrogen and oxygen atoms in total. The Bertz CT molecular complexity index is 2580. The van der Waals surface area contributed by atoms with Gasteiger partial charge in [0.05, 0.1) is 37.1 Å².